The lowest BCUT2D eigenvalue weighted by Gasteiger charge is -2.18. The van der Waals surface area contributed by atoms with E-state index >= 15 is 0 Å². The van der Waals surface area contributed by atoms with E-state index in [4.69, 9.17) is 12.2 Å². The molecule has 5 nitrogen and oxygen atoms in total. The Balaban J connectivity index is 2.50. The zero-order valence-corrected chi connectivity index (χ0v) is 10.6. The van der Waals surface area contributed by atoms with E-state index in [0.29, 0.717) is 4.77 Å². The fourth-order valence-electron chi connectivity index (χ4n) is 1.40. The van der Waals surface area contributed by atoms with Gasteiger partial charge in [0.15, 0.2) is 4.77 Å². The molecule has 0 saturated heterocycles. The van der Waals surface area contributed by atoms with Crippen LogP contribution in [0.1, 0.15) is 6.42 Å². The van der Waals surface area contributed by atoms with Crippen molar-refractivity contribution < 1.29 is 0 Å². The molecule has 0 atom stereocenters. The summed E-state index contributed by atoms with van der Waals surface area (Å²) in [6.45, 7) is 2.06. The molecule has 0 radical (unpaired) electrons. The summed E-state index contributed by atoms with van der Waals surface area (Å²) in [5.74, 6) is 0.888. The summed E-state index contributed by atoms with van der Waals surface area (Å²) in [6.07, 6.45) is 1.11. The van der Waals surface area contributed by atoms with Crippen LogP contribution in [0, 0.1) is 4.77 Å². The van der Waals surface area contributed by atoms with Crippen LogP contribution in [0.25, 0.3) is 0 Å². The van der Waals surface area contributed by atoms with Crippen molar-refractivity contribution in [2.75, 3.05) is 39.1 Å². The molecule has 0 aromatic carbocycles. The van der Waals surface area contributed by atoms with Gasteiger partial charge in [-0.1, -0.05) is 0 Å². The summed E-state index contributed by atoms with van der Waals surface area (Å²) in [5.41, 5.74) is 0. The van der Waals surface area contributed by atoms with E-state index < -0.39 is 0 Å². The quantitative estimate of drug-likeness (QED) is 0.761. The molecular weight excluding hydrogens is 210 g/mol. The van der Waals surface area contributed by atoms with Gasteiger partial charge in [0.2, 0.25) is 5.95 Å². The first-order valence-electron chi connectivity index (χ1n) is 4.99. The van der Waals surface area contributed by atoms with Crippen molar-refractivity contribution >= 4 is 18.2 Å². The van der Waals surface area contributed by atoms with Gasteiger partial charge in [-0.05, 0) is 39.3 Å². The van der Waals surface area contributed by atoms with Crippen molar-refractivity contribution in [3.05, 3.63) is 4.77 Å². The molecule has 0 bridgehead atoms. The van der Waals surface area contributed by atoms with E-state index in [1.807, 2.05) is 18.7 Å². The summed E-state index contributed by atoms with van der Waals surface area (Å²) < 4.78 is 2.54. The number of nitrogens with one attached hydrogen (secondary N) is 1. The average Bonchev–Trinajstić information content (AvgIpc) is 2.47. The summed E-state index contributed by atoms with van der Waals surface area (Å²) in [7, 11) is 8.11. The van der Waals surface area contributed by atoms with E-state index in [0.717, 1.165) is 25.5 Å². The zero-order valence-electron chi connectivity index (χ0n) is 9.82. The lowest BCUT2D eigenvalue weighted by Crippen LogP contribution is -2.25. The Morgan fingerprint density at radius 2 is 2.00 bits per heavy atom. The van der Waals surface area contributed by atoms with Crippen LogP contribution in [-0.4, -0.2) is 53.9 Å². The summed E-state index contributed by atoms with van der Waals surface area (Å²) in [6, 6.07) is 0. The molecule has 0 aliphatic carbocycles. The van der Waals surface area contributed by atoms with Crippen LogP contribution in [-0.2, 0) is 7.05 Å². The van der Waals surface area contributed by atoms with Crippen LogP contribution in [0.5, 0.6) is 0 Å². The topological polar surface area (TPSA) is 40.1 Å². The zero-order chi connectivity index (χ0) is 11.4. The molecule has 0 fully saturated rings. The average molecular weight is 229 g/mol. The highest BCUT2D eigenvalue weighted by atomic mass is 32.1. The van der Waals surface area contributed by atoms with E-state index in [2.05, 4.69) is 34.1 Å². The second kappa shape index (κ2) is 5.27. The van der Waals surface area contributed by atoms with Gasteiger partial charge < -0.3 is 9.80 Å². The predicted octanol–water partition coefficient (Wildman–Crippen LogP) is 0.866. The molecule has 0 unspecified atom stereocenters. The molecule has 1 aromatic rings. The van der Waals surface area contributed by atoms with Crippen molar-refractivity contribution in [1.82, 2.24) is 19.7 Å². The molecule has 0 amide bonds. The molecule has 15 heavy (non-hydrogen) atoms. The fraction of sp³-hybridized carbons (Fsp3) is 0.778. The van der Waals surface area contributed by atoms with E-state index in [-0.39, 0.29) is 0 Å². The number of H-pyrrole nitrogens is 1. The van der Waals surface area contributed by atoms with Crippen LogP contribution < -0.4 is 4.90 Å². The Bertz CT molecular complexity index is 354. The van der Waals surface area contributed by atoms with Gasteiger partial charge in [0.1, 0.15) is 0 Å². The van der Waals surface area contributed by atoms with Crippen molar-refractivity contribution in [3.8, 4) is 0 Å². The highest BCUT2D eigenvalue weighted by molar-refractivity contribution is 7.71. The SMILES string of the molecule is CN(C)CCCN(C)c1n[nH]c(=S)n1C. The van der Waals surface area contributed by atoms with Gasteiger partial charge in [0.25, 0.3) is 0 Å². The minimum absolute atomic E-state index is 0.657. The van der Waals surface area contributed by atoms with Gasteiger partial charge in [-0.15, -0.1) is 5.10 Å². The van der Waals surface area contributed by atoms with Crippen molar-refractivity contribution in [2.45, 2.75) is 6.42 Å². The minimum atomic E-state index is 0.657. The van der Waals surface area contributed by atoms with Crippen LogP contribution in [0.15, 0.2) is 0 Å². The normalized spacial score (nSPS) is 11.0. The number of rotatable bonds is 5. The molecule has 0 aliphatic heterocycles. The maximum atomic E-state index is 5.06. The van der Waals surface area contributed by atoms with Crippen LogP contribution >= 0.6 is 12.2 Å². The molecule has 1 aromatic heterocycles. The molecule has 1 rings (SSSR count). The highest BCUT2D eigenvalue weighted by Crippen LogP contribution is 2.07. The van der Waals surface area contributed by atoms with Gasteiger partial charge in [-0.3, -0.25) is 4.57 Å². The molecular formula is C9H19N5S. The van der Waals surface area contributed by atoms with Gasteiger partial charge >= 0.3 is 0 Å². The predicted molar refractivity (Wildman–Crippen MR) is 64.8 cm³/mol. The van der Waals surface area contributed by atoms with E-state index in [1.54, 1.807) is 0 Å². The van der Waals surface area contributed by atoms with Gasteiger partial charge in [0.05, 0.1) is 0 Å². The molecule has 0 aliphatic rings. The lowest BCUT2D eigenvalue weighted by atomic mass is 10.4. The highest BCUT2D eigenvalue weighted by Gasteiger charge is 2.07. The number of aromatic amines is 1. The standard InChI is InChI=1S/C9H19N5S/c1-12(2)6-5-7-13(3)8-10-11-9(15)14(8)4/h5-7H2,1-4H3,(H,11,15). The van der Waals surface area contributed by atoms with Crippen LogP contribution in [0.2, 0.25) is 0 Å². The maximum Gasteiger partial charge on any atom is 0.225 e. The number of nitrogens with zero attached hydrogens (tertiary/aromatic N) is 4. The lowest BCUT2D eigenvalue weighted by molar-refractivity contribution is 0.401. The fourth-order valence-corrected chi connectivity index (χ4v) is 1.53. The molecule has 1 heterocycles. The molecule has 0 spiro atoms. The Hall–Kier alpha value is -0.880. The summed E-state index contributed by atoms with van der Waals surface area (Å²) in [4.78, 5) is 4.28. The number of hydrogen-bond donors (Lipinski definition) is 1. The maximum absolute atomic E-state index is 5.06. The van der Waals surface area contributed by atoms with Gasteiger partial charge in [-0.2, -0.15) is 0 Å². The molecule has 0 saturated carbocycles. The second-order valence-electron chi connectivity index (χ2n) is 3.97. The largest absolute Gasteiger partial charge is 0.344 e. The monoisotopic (exact) mass is 229 g/mol. The molecule has 1 N–H and O–H groups in total. The van der Waals surface area contributed by atoms with Crippen molar-refractivity contribution in [1.29, 1.82) is 0 Å². The van der Waals surface area contributed by atoms with Crippen LogP contribution in [0.3, 0.4) is 0 Å². The Kier molecular flexibility index (Phi) is 4.28. The third-order valence-electron chi connectivity index (χ3n) is 2.30. The van der Waals surface area contributed by atoms with Crippen molar-refractivity contribution in [3.63, 3.8) is 0 Å². The third-order valence-corrected chi connectivity index (χ3v) is 2.66. The van der Waals surface area contributed by atoms with Gasteiger partial charge in [0, 0.05) is 20.6 Å². The summed E-state index contributed by atoms with van der Waals surface area (Å²) in [5, 5.41) is 6.95. The first-order chi connectivity index (χ1) is 7.02. The van der Waals surface area contributed by atoms with E-state index in [9.17, 15) is 0 Å². The Labute approximate surface area is 95.7 Å². The first kappa shape index (κ1) is 12.2. The van der Waals surface area contributed by atoms with Crippen molar-refractivity contribution in [2.24, 2.45) is 7.05 Å². The first-order valence-corrected chi connectivity index (χ1v) is 5.40. The second-order valence-corrected chi connectivity index (χ2v) is 4.35. The third kappa shape index (κ3) is 3.32. The number of hydrogen-bond acceptors (Lipinski definition) is 4. The molecule has 86 valence electrons. The smallest absolute Gasteiger partial charge is 0.225 e. The van der Waals surface area contributed by atoms with Gasteiger partial charge in [-0.25, -0.2) is 5.10 Å². The molecule has 6 heteroatoms. The minimum Gasteiger partial charge on any atom is -0.344 e. The summed E-state index contributed by atoms with van der Waals surface area (Å²) >= 11 is 5.06. The number of aromatic nitrogens is 3. The Morgan fingerprint density at radius 1 is 1.33 bits per heavy atom. The Morgan fingerprint density at radius 3 is 2.47 bits per heavy atom. The number of anilines is 1. The van der Waals surface area contributed by atoms with E-state index in [1.165, 1.54) is 0 Å². The van der Waals surface area contributed by atoms with Crippen LogP contribution in [0.4, 0.5) is 5.95 Å².